The first kappa shape index (κ1) is 21.3. The largest absolute Gasteiger partial charge is 0.465 e. The third-order valence-corrected chi connectivity index (χ3v) is 5.90. The zero-order chi connectivity index (χ0) is 22.1. The van der Waals surface area contributed by atoms with Crippen LogP contribution in [0.4, 0.5) is 5.69 Å². The Balaban J connectivity index is 1.39. The van der Waals surface area contributed by atoms with Gasteiger partial charge in [-0.25, -0.2) is 4.79 Å². The third-order valence-electron chi connectivity index (χ3n) is 5.90. The van der Waals surface area contributed by atoms with Gasteiger partial charge >= 0.3 is 17.6 Å². The van der Waals surface area contributed by atoms with E-state index in [0.29, 0.717) is 23.0 Å². The molecule has 0 bridgehead atoms. The third kappa shape index (κ3) is 4.42. The molecule has 166 valence electrons. The van der Waals surface area contributed by atoms with Gasteiger partial charge in [-0.1, -0.05) is 0 Å². The smallest absolute Gasteiger partial charge is 0.336 e. The van der Waals surface area contributed by atoms with Gasteiger partial charge in [0.15, 0.2) is 0 Å². The molecule has 3 heterocycles. The molecule has 0 spiro atoms. The summed E-state index contributed by atoms with van der Waals surface area (Å²) in [5.41, 5.74) is 1.29. The van der Waals surface area contributed by atoms with E-state index in [0.717, 1.165) is 5.69 Å². The number of carbonyl (C=O) groups is 2. The molecule has 2 aliphatic rings. The average Bonchev–Trinajstić information content (AvgIpc) is 3.23. The monoisotopic (exact) mass is 431 g/mol. The number of hydrogen-bond donors (Lipinski definition) is 1. The number of esters is 2. The van der Waals surface area contributed by atoms with E-state index < -0.39 is 24.0 Å². The van der Waals surface area contributed by atoms with Gasteiger partial charge in [0.2, 0.25) is 6.29 Å². The van der Waals surface area contributed by atoms with Crippen LogP contribution in [0.2, 0.25) is 0 Å². The number of rotatable bonds is 7. The van der Waals surface area contributed by atoms with Gasteiger partial charge in [-0.2, -0.15) is 0 Å². The van der Waals surface area contributed by atoms with E-state index in [9.17, 15) is 19.5 Å². The summed E-state index contributed by atoms with van der Waals surface area (Å²) in [5.74, 6) is -1.07. The van der Waals surface area contributed by atoms with Crippen molar-refractivity contribution < 1.29 is 33.3 Å². The van der Waals surface area contributed by atoms with Gasteiger partial charge in [-0.3, -0.25) is 9.59 Å². The van der Waals surface area contributed by atoms with Crippen LogP contribution >= 0.6 is 0 Å². The van der Waals surface area contributed by atoms with Gasteiger partial charge < -0.3 is 28.6 Å². The molecule has 4 atom stereocenters. The van der Waals surface area contributed by atoms with E-state index in [-0.39, 0.29) is 43.9 Å². The molecule has 2 aliphatic heterocycles. The summed E-state index contributed by atoms with van der Waals surface area (Å²) in [4.78, 5) is 37.8. The first-order chi connectivity index (χ1) is 14.9. The van der Waals surface area contributed by atoms with Crippen molar-refractivity contribution in [2.75, 3.05) is 32.2 Å². The van der Waals surface area contributed by atoms with E-state index in [2.05, 4.69) is 0 Å². The number of aliphatic hydroxyl groups excluding tert-OH is 1. The Labute approximate surface area is 178 Å². The fraction of sp³-hybridized carbons (Fsp3) is 0.500. The minimum absolute atomic E-state index is 0.0678. The SMILES string of the molecule is CN(C)c1ccc2c(CC(=O)OCC[C@H]3[C@H]4CC(=O)O[C@H]4O[C@@H]3CO)cc(=O)oc2c1. The molecule has 4 rings (SSSR count). The molecule has 1 aromatic carbocycles. The van der Waals surface area contributed by atoms with Crippen molar-refractivity contribution in [3.8, 4) is 0 Å². The Morgan fingerprint density at radius 1 is 1.26 bits per heavy atom. The molecule has 0 radical (unpaired) electrons. The average molecular weight is 431 g/mol. The van der Waals surface area contributed by atoms with Gasteiger partial charge in [0.05, 0.1) is 32.2 Å². The number of anilines is 1. The number of fused-ring (bicyclic) bond motifs is 2. The molecule has 0 aliphatic carbocycles. The number of nitrogens with zero attached hydrogens (tertiary/aromatic N) is 1. The molecule has 1 N–H and O–H groups in total. The molecule has 9 nitrogen and oxygen atoms in total. The molecule has 0 saturated carbocycles. The minimum atomic E-state index is -0.632. The Hall–Kier alpha value is -2.91. The van der Waals surface area contributed by atoms with Crippen LogP contribution in [0, 0.1) is 11.8 Å². The Morgan fingerprint density at radius 2 is 2.06 bits per heavy atom. The van der Waals surface area contributed by atoms with Crippen LogP contribution in [-0.2, 0) is 30.2 Å². The van der Waals surface area contributed by atoms with E-state index in [1.54, 1.807) is 6.07 Å². The summed E-state index contributed by atoms with van der Waals surface area (Å²) < 4.78 is 21.4. The Morgan fingerprint density at radius 3 is 2.81 bits per heavy atom. The predicted octanol–water partition coefficient (Wildman–Crippen LogP) is 1.23. The Bertz CT molecular complexity index is 1050. The maximum Gasteiger partial charge on any atom is 0.336 e. The summed E-state index contributed by atoms with van der Waals surface area (Å²) in [7, 11) is 3.76. The number of ether oxygens (including phenoxy) is 3. The van der Waals surface area contributed by atoms with E-state index in [1.807, 2.05) is 31.1 Å². The fourth-order valence-corrected chi connectivity index (χ4v) is 4.32. The van der Waals surface area contributed by atoms with E-state index >= 15 is 0 Å². The lowest BCUT2D eigenvalue weighted by Gasteiger charge is -2.19. The maximum atomic E-state index is 12.4. The van der Waals surface area contributed by atoms with Gasteiger partial charge in [0.1, 0.15) is 5.58 Å². The second-order valence-corrected chi connectivity index (χ2v) is 8.10. The quantitative estimate of drug-likeness (QED) is 0.510. The molecule has 2 saturated heterocycles. The second-order valence-electron chi connectivity index (χ2n) is 8.10. The van der Waals surface area contributed by atoms with Gasteiger partial charge in [-0.05, 0) is 24.1 Å². The van der Waals surface area contributed by atoms with Crippen LogP contribution in [0.1, 0.15) is 18.4 Å². The maximum absolute atomic E-state index is 12.4. The van der Waals surface area contributed by atoms with E-state index in [1.165, 1.54) is 6.07 Å². The second kappa shape index (κ2) is 8.68. The molecule has 9 heteroatoms. The zero-order valence-electron chi connectivity index (χ0n) is 17.4. The van der Waals surface area contributed by atoms with Crippen molar-refractivity contribution in [1.82, 2.24) is 0 Å². The van der Waals surface area contributed by atoms with Gasteiger partial charge in [0, 0.05) is 49.1 Å². The molecule has 31 heavy (non-hydrogen) atoms. The normalized spacial score (nSPS) is 24.8. The highest BCUT2D eigenvalue weighted by Gasteiger charge is 2.50. The van der Waals surface area contributed by atoms with Gasteiger partial charge in [0.25, 0.3) is 0 Å². The summed E-state index contributed by atoms with van der Waals surface area (Å²) in [6.07, 6.45) is -0.469. The van der Waals surface area contributed by atoms with Crippen LogP contribution < -0.4 is 10.5 Å². The highest BCUT2D eigenvalue weighted by Crippen LogP contribution is 2.41. The molecule has 2 aromatic rings. The van der Waals surface area contributed by atoms with Crippen LogP contribution in [0.15, 0.2) is 33.5 Å². The zero-order valence-corrected chi connectivity index (χ0v) is 17.4. The lowest BCUT2D eigenvalue weighted by atomic mass is 9.86. The molecular weight excluding hydrogens is 406 g/mol. The lowest BCUT2D eigenvalue weighted by Crippen LogP contribution is -2.26. The van der Waals surface area contributed by atoms with Crippen LogP contribution in [0.5, 0.6) is 0 Å². The Kier molecular flexibility index (Phi) is 5.97. The molecule has 1 aromatic heterocycles. The number of carbonyl (C=O) groups excluding carboxylic acids is 2. The summed E-state index contributed by atoms with van der Waals surface area (Å²) in [6, 6.07) is 6.75. The van der Waals surface area contributed by atoms with Gasteiger partial charge in [-0.15, -0.1) is 0 Å². The number of aliphatic hydroxyl groups is 1. The minimum Gasteiger partial charge on any atom is -0.465 e. The topological polar surface area (TPSA) is 116 Å². The first-order valence-corrected chi connectivity index (χ1v) is 10.2. The number of benzene rings is 1. The molecule has 0 unspecified atom stereocenters. The lowest BCUT2D eigenvalue weighted by molar-refractivity contribution is -0.166. The van der Waals surface area contributed by atoms with Crippen LogP contribution in [0.25, 0.3) is 11.0 Å². The van der Waals surface area contributed by atoms with Crippen LogP contribution in [-0.4, -0.2) is 56.7 Å². The van der Waals surface area contributed by atoms with Crippen molar-refractivity contribution in [2.45, 2.75) is 31.7 Å². The first-order valence-electron chi connectivity index (χ1n) is 10.2. The highest BCUT2D eigenvalue weighted by molar-refractivity contribution is 5.87. The summed E-state index contributed by atoms with van der Waals surface area (Å²) in [5, 5.41) is 10.2. The summed E-state index contributed by atoms with van der Waals surface area (Å²) >= 11 is 0. The van der Waals surface area contributed by atoms with Crippen molar-refractivity contribution in [3.05, 3.63) is 40.2 Å². The van der Waals surface area contributed by atoms with Crippen molar-refractivity contribution in [3.63, 3.8) is 0 Å². The van der Waals surface area contributed by atoms with Crippen LogP contribution in [0.3, 0.4) is 0 Å². The highest BCUT2D eigenvalue weighted by atomic mass is 16.7. The molecular formula is C22H25NO8. The van der Waals surface area contributed by atoms with Crippen molar-refractivity contribution in [1.29, 1.82) is 0 Å². The molecule has 2 fully saturated rings. The van der Waals surface area contributed by atoms with Crippen molar-refractivity contribution >= 4 is 28.6 Å². The molecule has 0 amide bonds. The van der Waals surface area contributed by atoms with E-state index in [4.69, 9.17) is 18.6 Å². The predicted molar refractivity (Wildman–Crippen MR) is 110 cm³/mol. The van der Waals surface area contributed by atoms with Crippen molar-refractivity contribution in [2.24, 2.45) is 11.8 Å². The fourth-order valence-electron chi connectivity index (χ4n) is 4.32. The number of hydrogen-bond acceptors (Lipinski definition) is 9. The standard InChI is InChI=1S/C22H25NO8/c1-23(2)13-3-4-14-12(8-20(26)29-17(14)9-13)7-19(25)28-6-5-15-16-10-21(27)31-22(16)30-18(15)11-24/h3-4,8-9,15-16,18,22,24H,5-7,10-11H2,1-2H3/t15-,16+,18+,22+/m0/s1. The summed E-state index contributed by atoms with van der Waals surface area (Å²) in [6.45, 7) is -0.0746.